The lowest BCUT2D eigenvalue weighted by Gasteiger charge is -2.12. The molecule has 178 valence electrons. The van der Waals surface area contributed by atoms with Crippen molar-refractivity contribution >= 4 is 29.3 Å². The molecule has 0 unspecified atom stereocenters. The summed E-state index contributed by atoms with van der Waals surface area (Å²) in [5.41, 5.74) is 6.30. The van der Waals surface area contributed by atoms with Crippen molar-refractivity contribution < 1.29 is 9.59 Å². The van der Waals surface area contributed by atoms with E-state index in [2.05, 4.69) is 26.9 Å². The number of para-hydroxylation sites is 1. The number of rotatable bonds is 8. The van der Waals surface area contributed by atoms with Gasteiger partial charge in [0, 0.05) is 6.54 Å². The van der Waals surface area contributed by atoms with E-state index in [1.807, 2.05) is 61.7 Å². The van der Waals surface area contributed by atoms with E-state index in [0.717, 1.165) is 16.8 Å². The van der Waals surface area contributed by atoms with E-state index < -0.39 is 0 Å². The largest absolute Gasteiger partial charge is 0.348 e. The number of aryl methyl sites for hydroxylation is 3. The van der Waals surface area contributed by atoms with Crippen LogP contribution in [0.5, 0.6) is 0 Å². The molecule has 0 saturated carbocycles. The molecule has 4 aromatic rings. The molecule has 0 aliphatic heterocycles. The molecule has 0 saturated heterocycles. The molecular weight excluding hydrogens is 458 g/mol. The lowest BCUT2D eigenvalue weighted by molar-refractivity contribution is -0.113. The Labute approximate surface area is 209 Å². The van der Waals surface area contributed by atoms with Crippen molar-refractivity contribution in [2.45, 2.75) is 32.5 Å². The van der Waals surface area contributed by atoms with Gasteiger partial charge in [-0.05, 0) is 50.1 Å². The average molecular weight is 486 g/mol. The average Bonchev–Trinajstić information content (AvgIpc) is 3.31. The first-order valence-electron chi connectivity index (χ1n) is 11.2. The van der Waals surface area contributed by atoms with Crippen molar-refractivity contribution in [3.63, 3.8) is 0 Å². The number of nitrogens with one attached hydrogen (secondary N) is 2. The minimum atomic E-state index is -0.247. The second kappa shape index (κ2) is 11.0. The fourth-order valence-electron chi connectivity index (χ4n) is 3.65. The third kappa shape index (κ3) is 6.16. The summed E-state index contributed by atoms with van der Waals surface area (Å²) in [7, 11) is 0. The van der Waals surface area contributed by atoms with Gasteiger partial charge in [0.05, 0.1) is 22.7 Å². The maximum atomic E-state index is 12.8. The first-order valence-corrected chi connectivity index (χ1v) is 12.2. The van der Waals surface area contributed by atoms with E-state index in [1.165, 1.54) is 22.9 Å². The van der Waals surface area contributed by atoms with Crippen LogP contribution in [-0.4, -0.2) is 32.3 Å². The second-order valence-electron chi connectivity index (χ2n) is 8.32. The zero-order valence-electron chi connectivity index (χ0n) is 19.9. The number of amides is 2. The fraction of sp³-hybridized carbons (Fsp3) is 0.185. The summed E-state index contributed by atoms with van der Waals surface area (Å²) in [6.07, 6.45) is 1.64. The summed E-state index contributed by atoms with van der Waals surface area (Å²) in [5, 5.41) is 14.6. The van der Waals surface area contributed by atoms with Crippen LogP contribution in [0.4, 0.5) is 5.69 Å². The summed E-state index contributed by atoms with van der Waals surface area (Å²) in [6, 6.07) is 21.1. The Kier molecular flexibility index (Phi) is 7.62. The standard InChI is InChI=1S/C27H27N5O2S/c1-18-8-11-21(12-9-18)15-28-26(34)22-6-4-5-7-23(22)30-25(33)16-35-27-31-29-17-32(27)24-13-10-19(2)14-20(24)3/h4-14,17H,15-16H2,1-3H3,(H,28,34)(H,30,33). The van der Waals surface area contributed by atoms with Gasteiger partial charge in [-0.15, -0.1) is 10.2 Å². The topological polar surface area (TPSA) is 88.9 Å². The van der Waals surface area contributed by atoms with Gasteiger partial charge in [0.2, 0.25) is 5.91 Å². The maximum absolute atomic E-state index is 12.8. The zero-order chi connectivity index (χ0) is 24.8. The number of hydrogen-bond acceptors (Lipinski definition) is 5. The number of carbonyl (C=O) groups excluding carboxylic acids is 2. The van der Waals surface area contributed by atoms with Gasteiger partial charge in [-0.1, -0.05) is 71.4 Å². The summed E-state index contributed by atoms with van der Waals surface area (Å²) < 4.78 is 1.87. The molecule has 0 aliphatic rings. The number of nitrogens with zero attached hydrogens (tertiary/aromatic N) is 3. The summed E-state index contributed by atoms with van der Waals surface area (Å²) in [4.78, 5) is 25.5. The van der Waals surface area contributed by atoms with E-state index in [0.29, 0.717) is 23.0 Å². The van der Waals surface area contributed by atoms with E-state index in [1.54, 1.807) is 30.6 Å². The minimum Gasteiger partial charge on any atom is -0.348 e. The van der Waals surface area contributed by atoms with Gasteiger partial charge in [-0.3, -0.25) is 14.2 Å². The van der Waals surface area contributed by atoms with Crippen LogP contribution < -0.4 is 10.6 Å². The first-order chi connectivity index (χ1) is 16.9. The highest BCUT2D eigenvalue weighted by atomic mass is 32.2. The SMILES string of the molecule is Cc1ccc(CNC(=O)c2ccccc2NC(=O)CSc2nncn2-c2ccc(C)cc2C)cc1. The van der Waals surface area contributed by atoms with Crippen LogP contribution in [0, 0.1) is 20.8 Å². The van der Waals surface area contributed by atoms with Gasteiger partial charge >= 0.3 is 0 Å². The van der Waals surface area contributed by atoms with Crippen LogP contribution in [0.25, 0.3) is 5.69 Å². The van der Waals surface area contributed by atoms with Crippen molar-refractivity contribution in [3.8, 4) is 5.69 Å². The highest BCUT2D eigenvalue weighted by molar-refractivity contribution is 7.99. The highest BCUT2D eigenvalue weighted by Gasteiger charge is 2.15. The number of thioether (sulfide) groups is 1. The first kappa shape index (κ1) is 24.2. The molecule has 0 radical (unpaired) electrons. The smallest absolute Gasteiger partial charge is 0.253 e. The van der Waals surface area contributed by atoms with E-state index in [4.69, 9.17) is 0 Å². The molecule has 0 fully saturated rings. The molecule has 2 N–H and O–H groups in total. The van der Waals surface area contributed by atoms with E-state index >= 15 is 0 Å². The predicted molar refractivity (Wildman–Crippen MR) is 139 cm³/mol. The van der Waals surface area contributed by atoms with Crippen LogP contribution in [0.1, 0.15) is 32.6 Å². The third-order valence-corrected chi connectivity index (χ3v) is 6.42. The van der Waals surface area contributed by atoms with Gasteiger partial charge in [0.15, 0.2) is 5.16 Å². The lowest BCUT2D eigenvalue weighted by Crippen LogP contribution is -2.25. The maximum Gasteiger partial charge on any atom is 0.253 e. The number of benzene rings is 3. The fourth-order valence-corrected chi connectivity index (χ4v) is 4.38. The molecule has 35 heavy (non-hydrogen) atoms. The van der Waals surface area contributed by atoms with Crippen molar-refractivity contribution in [2.75, 3.05) is 11.1 Å². The molecule has 0 atom stereocenters. The molecule has 3 aromatic carbocycles. The van der Waals surface area contributed by atoms with Crippen LogP contribution >= 0.6 is 11.8 Å². The molecule has 2 amide bonds. The molecule has 0 aliphatic carbocycles. The Morgan fingerprint density at radius 3 is 2.46 bits per heavy atom. The van der Waals surface area contributed by atoms with Crippen molar-refractivity contribution in [3.05, 3.63) is 101 Å². The second-order valence-corrected chi connectivity index (χ2v) is 9.27. The molecule has 1 heterocycles. The summed E-state index contributed by atoms with van der Waals surface area (Å²) in [5.74, 6) is -0.351. The molecule has 1 aromatic heterocycles. The molecule has 8 heteroatoms. The lowest BCUT2D eigenvalue weighted by atomic mass is 10.1. The van der Waals surface area contributed by atoms with Crippen molar-refractivity contribution in [1.82, 2.24) is 20.1 Å². The van der Waals surface area contributed by atoms with Crippen LogP contribution in [0.15, 0.2) is 78.2 Å². The number of carbonyl (C=O) groups is 2. The van der Waals surface area contributed by atoms with Crippen molar-refractivity contribution in [2.24, 2.45) is 0 Å². The Balaban J connectivity index is 1.38. The van der Waals surface area contributed by atoms with Crippen LogP contribution in [0.3, 0.4) is 0 Å². The minimum absolute atomic E-state index is 0.128. The zero-order valence-corrected chi connectivity index (χ0v) is 20.7. The predicted octanol–water partition coefficient (Wildman–Crippen LogP) is 4.85. The van der Waals surface area contributed by atoms with Gasteiger partial charge in [0.1, 0.15) is 6.33 Å². The molecular formula is C27H27N5O2S. The summed E-state index contributed by atoms with van der Waals surface area (Å²) in [6.45, 7) is 6.51. The number of anilines is 1. The Hall–Kier alpha value is -3.91. The van der Waals surface area contributed by atoms with Gasteiger partial charge in [-0.2, -0.15) is 0 Å². The molecule has 4 rings (SSSR count). The van der Waals surface area contributed by atoms with Gasteiger partial charge in [0.25, 0.3) is 5.91 Å². The van der Waals surface area contributed by atoms with Crippen LogP contribution in [0.2, 0.25) is 0 Å². The monoisotopic (exact) mass is 485 g/mol. The normalized spacial score (nSPS) is 10.7. The summed E-state index contributed by atoms with van der Waals surface area (Å²) >= 11 is 1.29. The molecule has 0 spiro atoms. The highest BCUT2D eigenvalue weighted by Crippen LogP contribution is 2.23. The molecule has 0 bridgehead atoms. The molecule has 7 nitrogen and oxygen atoms in total. The van der Waals surface area contributed by atoms with Crippen molar-refractivity contribution in [1.29, 1.82) is 0 Å². The van der Waals surface area contributed by atoms with Gasteiger partial charge in [-0.25, -0.2) is 0 Å². The Morgan fingerprint density at radius 1 is 0.943 bits per heavy atom. The van der Waals surface area contributed by atoms with Gasteiger partial charge < -0.3 is 10.6 Å². The number of hydrogen-bond donors (Lipinski definition) is 2. The van der Waals surface area contributed by atoms with Crippen LogP contribution in [-0.2, 0) is 11.3 Å². The Morgan fingerprint density at radius 2 is 1.69 bits per heavy atom. The van der Waals surface area contributed by atoms with E-state index in [9.17, 15) is 9.59 Å². The quantitative estimate of drug-likeness (QED) is 0.348. The van der Waals surface area contributed by atoms with E-state index in [-0.39, 0.29) is 17.6 Å². The number of aromatic nitrogens is 3. The third-order valence-electron chi connectivity index (χ3n) is 5.48. The Bertz CT molecular complexity index is 1350.